The monoisotopic (exact) mass is 467 g/mol. The number of thiophene rings is 2. The molecule has 8 nitrogen and oxygen atoms in total. The van der Waals surface area contributed by atoms with Crippen LogP contribution >= 0.6 is 22.7 Å². The van der Waals surface area contributed by atoms with Crippen LogP contribution in [0.15, 0.2) is 67.5 Å². The van der Waals surface area contributed by atoms with Crippen molar-refractivity contribution in [3.8, 4) is 10.4 Å². The van der Waals surface area contributed by atoms with Gasteiger partial charge in [0.05, 0.1) is 23.8 Å². The Balaban J connectivity index is 1.24. The first-order chi connectivity index (χ1) is 15.6. The van der Waals surface area contributed by atoms with E-state index in [-0.39, 0.29) is 18.7 Å². The molecule has 5 rings (SSSR count). The van der Waals surface area contributed by atoms with Gasteiger partial charge < -0.3 is 9.15 Å². The van der Waals surface area contributed by atoms with E-state index >= 15 is 0 Å². The van der Waals surface area contributed by atoms with Crippen LogP contribution in [0.25, 0.3) is 31.8 Å². The standard InChI is InChI=1S/C22H17N3O5S2/c26-18(29-9-4-8-25-15-5-1-2-6-16(15)30-22(25)28)11-24-13-23-20-19(21(24)27)14(12-32-20)17-7-3-10-31-17/h1-3,5-7,10,12-13H,4,8-9,11H2. The van der Waals surface area contributed by atoms with Crippen molar-refractivity contribution in [3.63, 3.8) is 0 Å². The molecule has 0 radical (unpaired) electrons. The molecule has 32 heavy (non-hydrogen) atoms. The first-order valence-corrected chi connectivity index (χ1v) is 11.6. The molecule has 4 heterocycles. The van der Waals surface area contributed by atoms with Gasteiger partial charge in [0.15, 0.2) is 5.58 Å². The second kappa shape index (κ2) is 8.56. The molecule has 0 spiro atoms. The number of oxazole rings is 1. The van der Waals surface area contributed by atoms with Crippen LogP contribution in [0.4, 0.5) is 0 Å². The van der Waals surface area contributed by atoms with E-state index in [0.717, 1.165) is 10.4 Å². The van der Waals surface area contributed by atoms with Crippen LogP contribution < -0.4 is 11.3 Å². The topological polar surface area (TPSA) is 96.3 Å². The van der Waals surface area contributed by atoms with Crippen molar-refractivity contribution >= 4 is 50.0 Å². The number of carbonyl (C=O) groups excluding carboxylic acids is 1. The predicted octanol–water partition coefficient (Wildman–Crippen LogP) is 3.73. The van der Waals surface area contributed by atoms with Crippen LogP contribution in [0.1, 0.15) is 6.42 Å². The fourth-order valence-corrected chi connectivity index (χ4v) is 5.23. The van der Waals surface area contributed by atoms with Crippen LogP contribution in [0.2, 0.25) is 0 Å². The van der Waals surface area contributed by atoms with Gasteiger partial charge in [-0.1, -0.05) is 18.2 Å². The number of fused-ring (bicyclic) bond motifs is 2. The Morgan fingerprint density at radius 1 is 1.12 bits per heavy atom. The Hall–Kier alpha value is -3.50. The van der Waals surface area contributed by atoms with Gasteiger partial charge in [-0.2, -0.15) is 0 Å². The predicted molar refractivity (Wildman–Crippen MR) is 123 cm³/mol. The maximum atomic E-state index is 13.0. The molecule has 0 bridgehead atoms. The third kappa shape index (κ3) is 3.78. The Morgan fingerprint density at radius 2 is 2.00 bits per heavy atom. The molecule has 0 aliphatic carbocycles. The lowest BCUT2D eigenvalue weighted by atomic mass is 10.2. The molecule has 10 heteroatoms. The molecule has 4 aromatic heterocycles. The summed E-state index contributed by atoms with van der Waals surface area (Å²) in [6, 6.07) is 11.0. The summed E-state index contributed by atoms with van der Waals surface area (Å²) in [5.74, 6) is -0.980. The van der Waals surface area contributed by atoms with Crippen LogP contribution in [0.3, 0.4) is 0 Å². The highest BCUT2D eigenvalue weighted by Crippen LogP contribution is 2.33. The van der Waals surface area contributed by atoms with Crippen molar-refractivity contribution in [2.24, 2.45) is 0 Å². The zero-order chi connectivity index (χ0) is 22.1. The summed E-state index contributed by atoms with van der Waals surface area (Å²) in [6.45, 7) is 0.250. The second-order valence-corrected chi connectivity index (χ2v) is 8.85. The molecule has 0 N–H and O–H groups in total. The van der Waals surface area contributed by atoms with Gasteiger partial charge in [-0.25, -0.2) is 9.78 Å². The lowest BCUT2D eigenvalue weighted by molar-refractivity contribution is -0.144. The molecule has 5 aromatic rings. The fourth-order valence-electron chi connectivity index (χ4n) is 3.51. The molecule has 0 saturated carbocycles. The number of benzene rings is 1. The molecule has 0 unspecified atom stereocenters. The van der Waals surface area contributed by atoms with Crippen LogP contribution in [0, 0.1) is 0 Å². The van der Waals surface area contributed by atoms with E-state index in [2.05, 4.69) is 4.98 Å². The summed E-state index contributed by atoms with van der Waals surface area (Å²) in [6.07, 6.45) is 1.81. The molecule has 0 atom stereocenters. The number of aromatic nitrogens is 3. The van der Waals surface area contributed by atoms with E-state index < -0.39 is 11.7 Å². The maximum absolute atomic E-state index is 13.0. The summed E-state index contributed by atoms with van der Waals surface area (Å²) in [4.78, 5) is 43.2. The Morgan fingerprint density at radius 3 is 2.84 bits per heavy atom. The number of aryl methyl sites for hydroxylation is 1. The summed E-state index contributed by atoms with van der Waals surface area (Å²) in [5, 5.41) is 4.37. The van der Waals surface area contributed by atoms with Gasteiger partial charge in [-0.05, 0) is 30.0 Å². The maximum Gasteiger partial charge on any atom is 0.419 e. The second-order valence-electron chi connectivity index (χ2n) is 7.05. The Kier molecular flexibility index (Phi) is 5.46. The Labute approximate surface area is 188 Å². The van der Waals surface area contributed by atoms with Gasteiger partial charge in [0.2, 0.25) is 0 Å². The first-order valence-electron chi connectivity index (χ1n) is 9.86. The minimum Gasteiger partial charge on any atom is -0.464 e. The highest BCUT2D eigenvalue weighted by atomic mass is 32.1. The molecule has 162 valence electrons. The SMILES string of the molecule is O=C(Cn1cnc2scc(-c3cccs3)c2c1=O)OCCCn1c(=O)oc2ccccc21. The molecular formula is C22H17N3O5S2. The zero-order valence-electron chi connectivity index (χ0n) is 16.7. The largest absolute Gasteiger partial charge is 0.464 e. The number of nitrogens with zero attached hydrogens (tertiary/aromatic N) is 3. The van der Waals surface area contributed by atoms with Gasteiger partial charge in [0.1, 0.15) is 11.4 Å². The highest BCUT2D eigenvalue weighted by Gasteiger charge is 2.16. The van der Waals surface area contributed by atoms with Crippen LogP contribution in [0.5, 0.6) is 0 Å². The van der Waals surface area contributed by atoms with Gasteiger partial charge in [0, 0.05) is 22.4 Å². The van der Waals surface area contributed by atoms with E-state index in [0.29, 0.717) is 34.3 Å². The van der Waals surface area contributed by atoms with Gasteiger partial charge in [-0.3, -0.25) is 18.7 Å². The number of hydrogen-bond donors (Lipinski definition) is 0. The van der Waals surface area contributed by atoms with Crippen molar-refractivity contribution < 1.29 is 13.9 Å². The van der Waals surface area contributed by atoms with Crippen molar-refractivity contribution in [1.29, 1.82) is 0 Å². The minimum absolute atomic E-state index is 0.119. The van der Waals surface area contributed by atoms with Crippen LogP contribution in [-0.2, 0) is 22.6 Å². The lowest BCUT2D eigenvalue weighted by Crippen LogP contribution is -2.26. The molecule has 0 fully saturated rings. The van der Waals surface area contributed by atoms with E-state index in [1.807, 2.05) is 29.0 Å². The summed E-state index contributed by atoms with van der Waals surface area (Å²) in [5.41, 5.74) is 1.78. The van der Waals surface area contributed by atoms with Crippen molar-refractivity contribution in [3.05, 3.63) is 74.4 Å². The quantitative estimate of drug-likeness (QED) is 0.267. The molecular weight excluding hydrogens is 450 g/mol. The molecule has 0 saturated heterocycles. The number of rotatable bonds is 7. The average Bonchev–Trinajstić information content (AvgIpc) is 3.52. The van der Waals surface area contributed by atoms with Crippen LogP contribution in [-0.4, -0.2) is 26.7 Å². The summed E-state index contributed by atoms with van der Waals surface area (Å²) >= 11 is 2.95. The van der Waals surface area contributed by atoms with Gasteiger partial charge in [0.25, 0.3) is 5.56 Å². The molecule has 1 aromatic carbocycles. The van der Waals surface area contributed by atoms with Crippen molar-refractivity contribution in [2.75, 3.05) is 6.61 Å². The number of carbonyl (C=O) groups is 1. The van der Waals surface area contributed by atoms with E-state index in [4.69, 9.17) is 9.15 Å². The Bertz CT molecular complexity index is 1520. The third-order valence-corrected chi connectivity index (χ3v) is 6.80. The van der Waals surface area contributed by atoms with E-state index in [9.17, 15) is 14.4 Å². The zero-order valence-corrected chi connectivity index (χ0v) is 18.4. The first kappa shape index (κ1) is 20.4. The summed E-state index contributed by atoms with van der Waals surface area (Å²) in [7, 11) is 0. The van der Waals surface area contributed by atoms with E-state index in [1.165, 1.54) is 26.8 Å². The molecule has 0 aliphatic heterocycles. The third-order valence-electron chi connectivity index (χ3n) is 5.01. The smallest absolute Gasteiger partial charge is 0.419 e. The average molecular weight is 468 g/mol. The van der Waals surface area contributed by atoms with Gasteiger partial charge in [-0.15, -0.1) is 22.7 Å². The van der Waals surface area contributed by atoms with Crippen molar-refractivity contribution in [1.82, 2.24) is 14.1 Å². The molecule has 0 aliphatic rings. The molecule has 0 amide bonds. The van der Waals surface area contributed by atoms with Gasteiger partial charge >= 0.3 is 11.7 Å². The highest BCUT2D eigenvalue weighted by molar-refractivity contribution is 7.18. The summed E-state index contributed by atoms with van der Waals surface area (Å²) < 4.78 is 13.2. The lowest BCUT2D eigenvalue weighted by Gasteiger charge is -2.07. The van der Waals surface area contributed by atoms with E-state index in [1.54, 1.807) is 29.5 Å². The number of para-hydroxylation sites is 2. The minimum atomic E-state index is -0.537. The fraction of sp³-hybridized carbons (Fsp3) is 0.182. The number of esters is 1. The normalized spacial score (nSPS) is 11.4. The van der Waals surface area contributed by atoms with Crippen molar-refractivity contribution in [2.45, 2.75) is 19.5 Å². The number of hydrogen-bond acceptors (Lipinski definition) is 8. The number of ether oxygens (including phenoxy) is 1.